The number of ether oxygens (including phenoxy) is 1. The minimum absolute atomic E-state index is 0.144. The van der Waals surface area contributed by atoms with Crippen molar-refractivity contribution in [3.05, 3.63) is 59.7 Å². The molecule has 0 aliphatic carbocycles. The highest BCUT2D eigenvalue weighted by Gasteiger charge is 2.31. The molecule has 0 unspecified atom stereocenters. The topological polar surface area (TPSA) is 32.8 Å². The van der Waals surface area contributed by atoms with E-state index in [0.717, 1.165) is 63.3 Å². The minimum atomic E-state index is 0.144. The Morgan fingerprint density at radius 3 is 2.59 bits per heavy atom. The summed E-state index contributed by atoms with van der Waals surface area (Å²) in [6.45, 7) is 3.67. The number of anilines is 1. The summed E-state index contributed by atoms with van der Waals surface area (Å²) in [6, 6.07) is 16.6. The third kappa shape index (κ3) is 3.86. The van der Waals surface area contributed by atoms with Crippen LogP contribution in [0, 0.1) is 5.92 Å². The molecule has 142 valence electrons. The number of methoxy groups -OCH3 is 1. The van der Waals surface area contributed by atoms with Crippen LogP contribution in [-0.4, -0.2) is 37.6 Å². The first-order valence-corrected chi connectivity index (χ1v) is 10.00. The first-order valence-electron chi connectivity index (χ1n) is 10.00. The highest BCUT2D eigenvalue weighted by atomic mass is 16.5. The largest absolute Gasteiger partial charge is 0.496 e. The first kappa shape index (κ1) is 18.1. The summed E-state index contributed by atoms with van der Waals surface area (Å²) in [5, 5.41) is 0. The molecule has 0 aromatic heterocycles. The van der Waals surface area contributed by atoms with Gasteiger partial charge in [0.2, 0.25) is 5.91 Å². The van der Waals surface area contributed by atoms with E-state index in [4.69, 9.17) is 4.74 Å². The maximum absolute atomic E-state index is 13.2. The maximum Gasteiger partial charge on any atom is 0.230 e. The van der Waals surface area contributed by atoms with Gasteiger partial charge in [-0.3, -0.25) is 9.69 Å². The monoisotopic (exact) mass is 364 g/mol. The van der Waals surface area contributed by atoms with E-state index >= 15 is 0 Å². The molecule has 0 spiro atoms. The fraction of sp³-hybridized carbons (Fsp3) is 0.435. The van der Waals surface area contributed by atoms with Crippen LogP contribution < -0.4 is 9.64 Å². The second kappa shape index (κ2) is 8.13. The van der Waals surface area contributed by atoms with Crippen LogP contribution in [0.3, 0.4) is 0 Å². The van der Waals surface area contributed by atoms with Crippen molar-refractivity contribution in [3.63, 3.8) is 0 Å². The molecule has 0 saturated carbocycles. The van der Waals surface area contributed by atoms with Gasteiger partial charge >= 0.3 is 0 Å². The third-order valence-electron chi connectivity index (χ3n) is 5.90. The Morgan fingerprint density at radius 2 is 1.78 bits per heavy atom. The number of likely N-dealkylation sites (tertiary alicyclic amines) is 1. The molecule has 2 aromatic rings. The molecule has 0 bridgehead atoms. The molecule has 2 aliphatic rings. The fourth-order valence-corrected chi connectivity index (χ4v) is 4.40. The van der Waals surface area contributed by atoms with Gasteiger partial charge in [0.05, 0.1) is 7.11 Å². The molecule has 1 fully saturated rings. The Bertz CT molecular complexity index is 796. The summed E-state index contributed by atoms with van der Waals surface area (Å²) in [5.74, 6) is 1.41. The number of carbonyl (C=O) groups is 1. The fourth-order valence-electron chi connectivity index (χ4n) is 4.40. The van der Waals surface area contributed by atoms with E-state index in [1.54, 1.807) is 7.11 Å². The number of fused-ring (bicyclic) bond motifs is 1. The SMILES string of the molecule is COc1ccccc1CN1CCC(C(=O)N2CCCc3ccccc32)CC1. The Hall–Kier alpha value is -2.33. The van der Waals surface area contributed by atoms with Crippen molar-refractivity contribution in [2.45, 2.75) is 32.2 Å². The maximum atomic E-state index is 13.2. The molecular weight excluding hydrogens is 336 g/mol. The smallest absolute Gasteiger partial charge is 0.230 e. The van der Waals surface area contributed by atoms with Crippen LogP contribution in [0.15, 0.2) is 48.5 Å². The molecule has 0 N–H and O–H groups in total. The molecule has 0 atom stereocenters. The van der Waals surface area contributed by atoms with Gasteiger partial charge in [0.25, 0.3) is 0 Å². The highest BCUT2D eigenvalue weighted by Crippen LogP contribution is 2.31. The molecular formula is C23H28N2O2. The quantitative estimate of drug-likeness (QED) is 0.825. The number of para-hydroxylation sites is 2. The number of aryl methyl sites for hydroxylation is 1. The summed E-state index contributed by atoms with van der Waals surface area (Å²) in [7, 11) is 1.72. The van der Waals surface area contributed by atoms with Crippen LogP contribution in [0.4, 0.5) is 5.69 Å². The van der Waals surface area contributed by atoms with Gasteiger partial charge in [0.15, 0.2) is 0 Å². The van der Waals surface area contributed by atoms with Crippen LogP contribution >= 0.6 is 0 Å². The van der Waals surface area contributed by atoms with E-state index in [9.17, 15) is 4.79 Å². The normalized spacial score (nSPS) is 18.2. The summed E-state index contributed by atoms with van der Waals surface area (Å²) in [6.07, 6.45) is 4.02. The number of benzene rings is 2. The van der Waals surface area contributed by atoms with Crippen molar-refractivity contribution in [2.75, 3.05) is 31.6 Å². The van der Waals surface area contributed by atoms with Crippen molar-refractivity contribution >= 4 is 11.6 Å². The van der Waals surface area contributed by atoms with Crippen molar-refractivity contribution in [1.29, 1.82) is 0 Å². The summed E-state index contributed by atoms with van der Waals surface area (Å²) in [5.41, 5.74) is 3.66. The number of carbonyl (C=O) groups excluding carboxylic acids is 1. The molecule has 27 heavy (non-hydrogen) atoms. The van der Waals surface area contributed by atoms with Gasteiger partial charge in [-0.15, -0.1) is 0 Å². The average Bonchev–Trinajstić information content (AvgIpc) is 2.74. The summed E-state index contributed by atoms with van der Waals surface area (Å²) in [4.78, 5) is 17.6. The molecule has 4 nitrogen and oxygen atoms in total. The molecule has 2 aromatic carbocycles. The summed E-state index contributed by atoms with van der Waals surface area (Å²) >= 11 is 0. The zero-order valence-corrected chi connectivity index (χ0v) is 16.1. The first-order chi connectivity index (χ1) is 13.3. The standard InChI is InChI=1S/C23H28N2O2/c1-27-22-11-5-3-8-20(22)17-24-15-12-19(13-16-24)23(26)25-14-6-9-18-7-2-4-10-21(18)25/h2-5,7-8,10-11,19H,6,9,12-17H2,1H3. The predicted molar refractivity (Wildman–Crippen MR) is 108 cm³/mol. The van der Waals surface area contributed by atoms with Crippen molar-refractivity contribution < 1.29 is 9.53 Å². The van der Waals surface area contributed by atoms with Gasteiger partial charge in [-0.25, -0.2) is 0 Å². The lowest BCUT2D eigenvalue weighted by Gasteiger charge is -2.36. The van der Waals surface area contributed by atoms with E-state index in [2.05, 4.69) is 35.2 Å². The third-order valence-corrected chi connectivity index (χ3v) is 5.90. The van der Waals surface area contributed by atoms with Crippen molar-refractivity contribution in [1.82, 2.24) is 4.90 Å². The lowest BCUT2D eigenvalue weighted by atomic mass is 9.93. The molecule has 2 heterocycles. The molecule has 0 radical (unpaired) electrons. The zero-order chi connectivity index (χ0) is 18.6. The van der Waals surface area contributed by atoms with Gasteiger partial charge in [-0.1, -0.05) is 36.4 Å². The Labute approximate surface area is 161 Å². The second-order valence-electron chi connectivity index (χ2n) is 7.58. The highest BCUT2D eigenvalue weighted by molar-refractivity contribution is 5.96. The number of nitrogens with zero attached hydrogens (tertiary/aromatic N) is 2. The number of hydrogen-bond donors (Lipinski definition) is 0. The molecule has 1 amide bonds. The van der Waals surface area contributed by atoms with Crippen LogP contribution in [0.1, 0.15) is 30.4 Å². The molecule has 1 saturated heterocycles. The number of hydrogen-bond acceptors (Lipinski definition) is 3. The van der Waals surface area contributed by atoms with Crippen LogP contribution in [0.5, 0.6) is 5.75 Å². The number of rotatable bonds is 4. The van der Waals surface area contributed by atoms with E-state index in [0.29, 0.717) is 5.91 Å². The minimum Gasteiger partial charge on any atom is -0.496 e. The van der Waals surface area contributed by atoms with Gasteiger partial charge in [0, 0.05) is 30.3 Å². The van der Waals surface area contributed by atoms with Crippen molar-refractivity contribution in [2.24, 2.45) is 5.92 Å². The van der Waals surface area contributed by atoms with Gasteiger partial charge in [-0.2, -0.15) is 0 Å². The predicted octanol–water partition coefficient (Wildman–Crippen LogP) is 3.89. The lowest BCUT2D eigenvalue weighted by Crippen LogP contribution is -2.44. The van der Waals surface area contributed by atoms with Gasteiger partial charge < -0.3 is 9.64 Å². The Morgan fingerprint density at radius 1 is 1.04 bits per heavy atom. The van der Waals surface area contributed by atoms with Crippen LogP contribution in [0.2, 0.25) is 0 Å². The van der Waals surface area contributed by atoms with E-state index in [1.165, 1.54) is 11.1 Å². The lowest BCUT2D eigenvalue weighted by molar-refractivity contribution is -0.123. The number of piperidine rings is 1. The van der Waals surface area contributed by atoms with Gasteiger partial charge in [-0.05, 0) is 56.5 Å². The molecule has 4 heteroatoms. The zero-order valence-electron chi connectivity index (χ0n) is 16.1. The van der Waals surface area contributed by atoms with Gasteiger partial charge in [0.1, 0.15) is 5.75 Å². The number of amides is 1. The van der Waals surface area contributed by atoms with Crippen LogP contribution in [0.25, 0.3) is 0 Å². The van der Waals surface area contributed by atoms with Crippen molar-refractivity contribution in [3.8, 4) is 5.75 Å². The van der Waals surface area contributed by atoms with E-state index in [-0.39, 0.29) is 5.92 Å². The van der Waals surface area contributed by atoms with E-state index in [1.807, 2.05) is 23.1 Å². The summed E-state index contributed by atoms with van der Waals surface area (Å²) < 4.78 is 5.47. The Kier molecular flexibility index (Phi) is 5.44. The molecule has 2 aliphatic heterocycles. The van der Waals surface area contributed by atoms with E-state index < -0.39 is 0 Å². The molecule has 4 rings (SSSR count). The van der Waals surface area contributed by atoms with Crippen LogP contribution in [-0.2, 0) is 17.8 Å². The average molecular weight is 364 g/mol. The Balaban J connectivity index is 1.38. The second-order valence-corrected chi connectivity index (χ2v) is 7.58.